The van der Waals surface area contributed by atoms with Gasteiger partial charge in [0.15, 0.2) is 0 Å². The topological polar surface area (TPSA) is 40.5 Å². The van der Waals surface area contributed by atoms with Crippen molar-refractivity contribution in [2.45, 2.75) is 26.4 Å². The molecule has 0 aliphatic heterocycles. The molecule has 0 bridgehead atoms. The van der Waals surface area contributed by atoms with E-state index in [2.05, 4.69) is 0 Å². The number of nitrogens with zero attached hydrogens (tertiary/aromatic N) is 1. The molecule has 0 aliphatic carbocycles. The first-order valence-electron chi connectivity index (χ1n) is 6.37. The van der Waals surface area contributed by atoms with Crippen molar-refractivity contribution in [2.24, 2.45) is 0 Å². The van der Waals surface area contributed by atoms with Gasteiger partial charge >= 0.3 is 0 Å². The summed E-state index contributed by atoms with van der Waals surface area (Å²) in [5.74, 6) is -0.175. The summed E-state index contributed by atoms with van der Waals surface area (Å²) >= 11 is 11.9. The molecule has 110 valence electrons. The minimum Gasteiger partial charge on any atom is -0.389 e. The summed E-state index contributed by atoms with van der Waals surface area (Å²) in [7, 11) is 0. The van der Waals surface area contributed by atoms with E-state index < -0.39 is 5.60 Å². The minimum atomic E-state index is -0.923. The van der Waals surface area contributed by atoms with E-state index in [9.17, 15) is 9.90 Å². The van der Waals surface area contributed by atoms with E-state index in [1.165, 1.54) is 6.08 Å². The molecule has 0 heterocycles. The Balaban J connectivity index is 2.82. The Morgan fingerprint density at radius 2 is 2.05 bits per heavy atom. The summed E-state index contributed by atoms with van der Waals surface area (Å²) in [4.78, 5) is 13.6. The molecule has 0 radical (unpaired) electrons. The third-order valence-corrected chi connectivity index (χ3v) is 3.21. The van der Waals surface area contributed by atoms with Crippen molar-refractivity contribution in [2.75, 3.05) is 13.1 Å². The minimum absolute atomic E-state index is 0.175. The molecule has 1 amide bonds. The van der Waals surface area contributed by atoms with Gasteiger partial charge in [-0.1, -0.05) is 23.2 Å². The van der Waals surface area contributed by atoms with Crippen LogP contribution in [0.3, 0.4) is 0 Å². The summed E-state index contributed by atoms with van der Waals surface area (Å²) < 4.78 is 0. The van der Waals surface area contributed by atoms with Gasteiger partial charge in [-0.2, -0.15) is 0 Å². The molecule has 3 nitrogen and oxygen atoms in total. The summed E-state index contributed by atoms with van der Waals surface area (Å²) in [6.45, 7) is 6.00. The lowest BCUT2D eigenvalue weighted by atomic mass is 10.1. The molecular weight excluding hydrogens is 297 g/mol. The molecule has 0 atom stereocenters. The van der Waals surface area contributed by atoms with Crippen molar-refractivity contribution >= 4 is 35.2 Å². The average molecular weight is 316 g/mol. The van der Waals surface area contributed by atoms with Crippen LogP contribution in [0, 0.1) is 0 Å². The Kier molecular flexibility index (Phi) is 6.06. The number of carbonyl (C=O) groups excluding carboxylic acids is 1. The average Bonchev–Trinajstić information content (AvgIpc) is 2.35. The van der Waals surface area contributed by atoms with Gasteiger partial charge in [0.2, 0.25) is 5.91 Å². The zero-order chi connectivity index (χ0) is 15.3. The molecular formula is C15H19Cl2NO2. The van der Waals surface area contributed by atoms with E-state index in [0.717, 1.165) is 0 Å². The molecule has 0 spiro atoms. The van der Waals surface area contributed by atoms with Crippen molar-refractivity contribution in [3.05, 3.63) is 39.9 Å². The van der Waals surface area contributed by atoms with Gasteiger partial charge in [-0.25, -0.2) is 0 Å². The lowest BCUT2D eigenvalue weighted by molar-refractivity contribution is -0.128. The summed E-state index contributed by atoms with van der Waals surface area (Å²) in [6, 6.07) is 5.07. The number of carbonyl (C=O) groups is 1. The van der Waals surface area contributed by atoms with Gasteiger partial charge in [-0.3, -0.25) is 4.79 Å². The number of likely N-dealkylation sites (N-methyl/N-ethyl adjacent to an activating group) is 1. The van der Waals surface area contributed by atoms with Gasteiger partial charge in [0.1, 0.15) is 0 Å². The largest absolute Gasteiger partial charge is 0.389 e. The maximum Gasteiger partial charge on any atom is 0.246 e. The monoisotopic (exact) mass is 315 g/mol. The lowest BCUT2D eigenvalue weighted by Crippen LogP contribution is -2.41. The van der Waals surface area contributed by atoms with E-state index in [1.807, 2.05) is 6.92 Å². The molecule has 20 heavy (non-hydrogen) atoms. The fourth-order valence-electron chi connectivity index (χ4n) is 1.72. The molecule has 0 aromatic heterocycles. The number of amides is 1. The first kappa shape index (κ1) is 17.0. The van der Waals surface area contributed by atoms with E-state index in [1.54, 1.807) is 43.0 Å². The van der Waals surface area contributed by atoms with Crippen molar-refractivity contribution in [1.82, 2.24) is 4.90 Å². The standard InChI is InChI=1S/C15H19Cl2NO2/c1-4-18(10-15(2,3)20)14(19)8-5-11-9-12(16)6-7-13(11)17/h5-9,20H,4,10H2,1-3H3. The van der Waals surface area contributed by atoms with Crippen LogP contribution in [-0.2, 0) is 4.79 Å². The highest BCUT2D eigenvalue weighted by atomic mass is 35.5. The van der Waals surface area contributed by atoms with E-state index >= 15 is 0 Å². The second-order valence-corrected chi connectivity index (χ2v) is 6.01. The number of rotatable bonds is 5. The number of halogens is 2. The van der Waals surface area contributed by atoms with Crippen LogP contribution >= 0.6 is 23.2 Å². The molecule has 1 rings (SSSR count). The van der Waals surface area contributed by atoms with Gasteiger partial charge in [-0.05, 0) is 50.6 Å². The maximum absolute atomic E-state index is 12.1. The molecule has 0 fully saturated rings. The molecule has 0 saturated carbocycles. The Labute approximate surface area is 129 Å². The van der Waals surface area contributed by atoms with E-state index in [4.69, 9.17) is 23.2 Å². The summed E-state index contributed by atoms with van der Waals surface area (Å²) in [5.41, 5.74) is -0.237. The molecule has 1 aromatic carbocycles. The number of hydrogen-bond acceptors (Lipinski definition) is 2. The van der Waals surface area contributed by atoms with Gasteiger partial charge in [0, 0.05) is 29.2 Å². The summed E-state index contributed by atoms with van der Waals surface area (Å²) in [6.07, 6.45) is 3.07. The normalized spacial score (nSPS) is 11.9. The predicted molar refractivity (Wildman–Crippen MR) is 84.0 cm³/mol. The van der Waals surface area contributed by atoms with Crippen LogP contribution in [-0.4, -0.2) is 34.6 Å². The molecule has 1 aromatic rings. The first-order chi connectivity index (χ1) is 9.23. The summed E-state index contributed by atoms with van der Waals surface area (Å²) in [5, 5.41) is 10.9. The van der Waals surface area contributed by atoms with Crippen LogP contribution in [0.5, 0.6) is 0 Å². The van der Waals surface area contributed by atoms with Crippen molar-refractivity contribution in [1.29, 1.82) is 0 Å². The predicted octanol–water partition coefficient (Wildman–Crippen LogP) is 3.63. The van der Waals surface area contributed by atoms with Gasteiger partial charge < -0.3 is 10.0 Å². The number of benzene rings is 1. The highest BCUT2D eigenvalue weighted by Crippen LogP contribution is 2.21. The van der Waals surface area contributed by atoms with Crippen LogP contribution in [0.1, 0.15) is 26.3 Å². The SMILES string of the molecule is CCN(CC(C)(C)O)C(=O)C=Cc1cc(Cl)ccc1Cl. The third-order valence-electron chi connectivity index (χ3n) is 2.63. The van der Waals surface area contributed by atoms with Crippen LogP contribution < -0.4 is 0 Å². The van der Waals surface area contributed by atoms with Crippen molar-refractivity contribution < 1.29 is 9.90 Å². The third kappa shape index (κ3) is 5.53. The van der Waals surface area contributed by atoms with Crippen molar-refractivity contribution in [3.63, 3.8) is 0 Å². The highest BCUT2D eigenvalue weighted by molar-refractivity contribution is 6.34. The Hall–Kier alpha value is -1.03. The van der Waals surface area contributed by atoms with Crippen molar-refractivity contribution in [3.8, 4) is 0 Å². The quantitative estimate of drug-likeness (QED) is 0.843. The number of aliphatic hydroxyl groups is 1. The maximum atomic E-state index is 12.1. The van der Waals surface area contributed by atoms with Crippen LogP contribution in [0.25, 0.3) is 6.08 Å². The van der Waals surface area contributed by atoms with Crippen LogP contribution in [0.2, 0.25) is 10.0 Å². The molecule has 5 heteroatoms. The lowest BCUT2D eigenvalue weighted by Gasteiger charge is -2.27. The fraction of sp³-hybridized carbons (Fsp3) is 0.400. The fourth-order valence-corrected chi connectivity index (χ4v) is 2.08. The van der Waals surface area contributed by atoms with Gasteiger partial charge in [0.25, 0.3) is 0 Å². The molecule has 0 saturated heterocycles. The van der Waals surface area contributed by atoms with Gasteiger partial charge in [-0.15, -0.1) is 0 Å². The smallest absolute Gasteiger partial charge is 0.246 e. The molecule has 1 N–H and O–H groups in total. The van der Waals surface area contributed by atoms with Crippen LogP contribution in [0.4, 0.5) is 0 Å². The van der Waals surface area contributed by atoms with E-state index in [0.29, 0.717) is 22.2 Å². The highest BCUT2D eigenvalue weighted by Gasteiger charge is 2.19. The second kappa shape index (κ2) is 7.11. The van der Waals surface area contributed by atoms with Gasteiger partial charge in [0.05, 0.1) is 5.60 Å². The molecule has 0 aliphatic rings. The number of hydrogen-bond donors (Lipinski definition) is 1. The second-order valence-electron chi connectivity index (χ2n) is 5.16. The van der Waals surface area contributed by atoms with E-state index in [-0.39, 0.29) is 12.5 Å². The van der Waals surface area contributed by atoms with Crippen LogP contribution in [0.15, 0.2) is 24.3 Å². The Bertz CT molecular complexity index is 507. The first-order valence-corrected chi connectivity index (χ1v) is 7.13. The Morgan fingerprint density at radius 1 is 1.40 bits per heavy atom. The zero-order valence-corrected chi connectivity index (χ0v) is 13.4. The molecule has 0 unspecified atom stereocenters. The zero-order valence-electron chi connectivity index (χ0n) is 11.9. The Morgan fingerprint density at radius 3 is 2.60 bits per heavy atom.